The number of aryl methyl sites for hydroxylation is 1. The Bertz CT molecular complexity index is 959. The van der Waals surface area contributed by atoms with Gasteiger partial charge in [-0.05, 0) is 49.2 Å². The first-order chi connectivity index (χ1) is 12.9. The number of thiocarbonyl (C=S) groups is 1. The molecule has 1 atom stereocenters. The molecule has 1 unspecified atom stereocenters. The fourth-order valence-corrected chi connectivity index (χ4v) is 4.46. The molecule has 4 nitrogen and oxygen atoms in total. The summed E-state index contributed by atoms with van der Waals surface area (Å²) in [5, 5.41) is 2.87. The van der Waals surface area contributed by atoms with Gasteiger partial charge in [0, 0.05) is 10.2 Å². The number of rotatable bonds is 4. The van der Waals surface area contributed by atoms with Gasteiger partial charge in [0.25, 0.3) is 5.91 Å². The molecule has 1 saturated heterocycles. The minimum atomic E-state index is -0.703. The van der Waals surface area contributed by atoms with Crippen LogP contribution in [0.15, 0.2) is 57.9 Å². The first-order valence-electron chi connectivity index (χ1n) is 8.26. The third kappa shape index (κ3) is 4.48. The Hall–Kier alpha value is -1.96. The predicted molar refractivity (Wildman–Crippen MR) is 118 cm³/mol. The lowest BCUT2D eigenvalue weighted by molar-refractivity contribution is -0.129. The smallest absolute Gasteiger partial charge is 0.266 e. The molecule has 7 heteroatoms. The van der Waals surface area contributed by atoms with Gasteiger partial charge in [-0.2, -0.15) is 0 Å². The van der Waals surface area contributed by atoms with E-state index >= 15 is 0 Å². The normalized spacial score (nSPS) is 16.7. The van der Waals surface area contributed by atoms with Gasteiger partial charge in [-0.3, -0.25) is 14.5 Å². The number of amides is 2. The summed E-state index contributed by atoms with van der Waals surface area (Å²) in [7, 11) is 0. The van der Waals surface area contributed by atoms with Crippen LogP contribution in [0.25, 0.3) is 6.08 Å². The molecule has 0 saturated carbocycles. The van der Waals surface area contributed by atoms with Gasteiger partial charge in [-0.25, -0.2) is 0 Å². The molecule has 2 aromatic carbocycles. The number of nitrogens with one attached hydrogen (secondary N) is 1. The first kappa shape index (κ1) is 19.8. The van der Waals surface area contributed by atoms with E-state index in [1.54, 1.807) is 13.0 Å². The third-order valence-corrected chi connectivity index (χ3v) is 5.96. The van der Waals surface area contributed by atoms with Gasteiger partial charge in [0.15, 0.2) is 0 Å². The molecular formula is C20H17BrN2O2S2. The van der Waals surface area contributed by atoms with Crippen LogP contribution in [0.3, 0.4) is 0 Å². The van der Waals surface area contributed by atoms with Gasteiger partial charge in [0.1, 0.15) is 10.4 Å². The van der Waals surface area contributed by atoms with Crippen molar-refractivity contribution in [2.24, 2.45) is 0 Å². The number of halogens is 1. The third-order valence-electron chi connectivity index (χ3n) is 4.14. The zero-order valence-electron chi connectivity index (χ0n) is 14.7. The average molecular weight is 461 g/mol. The average Bonchev–Trinajstić information content (AvgIpc) is 2.90. The number of carbonyl (C=O) groups is 2. The SMILES string of the molecule is Cc1ccccc1NC(=O)C(C)N1C(=O)/C(=C/c2cccc(Br)c2)SC1=S. The molecule has 0 aromatic heterocycles. The zero-order valence-corrected chi connectivity index (χ0v) is 18.0. The zero-order chi connectivity index (χ0) is 19.6. The van der Waals surface area contributed by atoms with E-state index in [0.29, 0.717) is 9.23 Å². The molecule has 0 spiro atoms. The highest BCUT2D eigenvalue weighted by atomic mass is 79.9. The van der Waals surface area contributed by atoms with Crippen molar-refractivity contribution in [3.8, 4) is 0 Å². The molecule has 138 valence electrons. The maximum atomic E-state index is 12.8. The van der Waals surface area contributed by atoms with Crippen LogP contribution in [-0.4, -0.2) is 27.1 Å². The summed E-state index contributed by atoms with van der Waals surface area (Å²) in [6.07, 6.45) is 1.79. The molecule has 1 aliphatic rings. The minimum Gasteiger partial charge on any atom is -0.324 e. The van der Waals surface area contributed by atoms with Crippen LogP contribution < -0.4 is 5.32 Å². The number of anilines is 1. The number of nitrogens with zero attached hydrogens (tertiary/aromatic N) is 1. The van der Waals surface area contributed by atoms with Gasteiger partial charge in [0.2, 0.25) is 5.91 Å². The molecule has 0 radical (unpaired) electrons. The topological polar surface area (TPSA) is 49.4 Å². The van der Waals surface area contributed by atoms with E-state index < -0.39 is 6.04 Å². The van der Waals surface area contributed by atoms with Crippen LogP contribution in [0.2, 0.25) is 0 Å². The van der Waals surface area contributed by atoms with E-state index in [-0.39, 0.29) is 11.8 Å². The predicted octanol–water partition coefficient (Wildman–Crippen LogP) is 4.99. The van der Waals surface area contributed by atoms with Crippen LogP contribution in [0.4, 0.5) is 5.69 Å². The van der Waals surface area contributed by atoms with Gasteiger partial charge in [-0.1, -0.05) is 70.2 Å². The van der Waals surface area contributed by atoms with Crippen molar-refractivity contribution in [1.29, 1.82) is 0 Å². The lowest BCUT2D eigenvalue weighted by Gasteiger charge is -2.22. The Labute approximate surface area is 176 Å². The van der Waals surface area contributed by atoms with Crippen LogP contribution in [0.5, 0.6) is 0 Å². The molecule has 1 heterocycles. The summed E-state index contributed by atoms with van der Waals surface area (Å²) >= 11 is 9.99. The molecule has 2 amide bonds. The second-order valence-electron chi connectivity index (χ2n) is 6.09. The standard InChI is InChI=1S/C20H17BrN2O2S2/c1-12-6-3-4-9-16(12)22-18(24)13(2)23-19(25)17(27-20(23)26)11-14-7-5-8-15(21)10-14/h3-11,13H,1-2H3,(H,22,24)/b17-11-. The largest absolute Gasteiger partial charge is 0.324 e. The molecule has 1 aliphatic heterocycles. The highest BCUT2D eigenvalue weighted by molar-refractivity contribution is 9.10. The Morgan fingerprint density at radius 2 is 2.00 bits per heavy atom. The van der Waals surface area contributed by atoms with E-state index in [4.69, 9.17) is 12.2 Å². The Kier molecular flexibility index (Phi) is 6.14. The summed E-state index contributed by atoms with van der Waals surface area (Å²) in [6.45, 7) is 3.60. The number of thioether (sulfide) groups is 1. The molecule has 2 aromatic rings. The quantitative estimate of drug-likeness (QED) is 0.515. The number of benzene rings is 2. The van der Waals surface area contributed by atoms with E-state index in [1.165, 1.54) is 16.7 Å². The fraction of sp³-hybridized carbons (Fsp3) is 0.150. The molecule has 1 fully saturated rings. The Morgan fingerprint density at radius 3 is 2.70 bits per heavy atom. The maximum absolute atomic E-state index is 12.8. The molecule has 0 bridgehead atoms. The van der Waals surface area contributed by atoms with Gasteiger partial charge in [-0.15, -0.1) is 0 Å². The van der Waals surface area contributed by atoms with Crippen LogP contribution >= 0.6 is 39.9 Å². The summed E-state index contributed by atoms with van der Waals surface area (Å²) in [4.78, 5) is 27.4. The summed E-state index contributed by atoms with van der Waals surface area (Å²) < 4.78 is 1.31. The first-order valence-corrected chi connectivity index (χ1v) is 10.3. The number of carbonyl (C=O) groups excluding carboxylic acids is 2. The van der Waals surface area contributed by atoms with E-state index in [2.05, 4.69) is 21.2 Å². The fourth-order valence-electron chi connectivity index (χ4n) is 2.63. The maximum Gasteiger partial charge on any atom is 0.266 e. The van der Waals surface area contributed by atoms with Crippen LogP contribution in [0, 0.1) is 6.92 Å². The monoisotopic (exact) mass is 460 g/mol. The highest BCUT2D eigenvalue weighted by Gasteiger charge is 2.38. The molecule has 27 heavy (non-hydrogen) atoms. The number of hydrogen-bond acceptors (Lipinski definition) is 4. The molecule has 1 N–H and O–H groups in total. The Morgan fingerprint density at radius 1 is 1.26 bits per heavy atom. The summed E-state index contributed by atoms with van der Waals surface area (Å²) in [5.41, 5.74) is 2.57. The number of para-hydroxylation sites is 1. The molecular weight excluding hydrogens is 444 g/mol. The van der Waals surface area contributed by atoms with Crippen molar-refractivity contribution in [3.63, 3.8) is 0 Å². The van der Waals surface area contributed by atoms with Crippen molar-refractivity contribution < 1.29 is 9.59 Å². The van der Waals surface area contributed by atoms with Crippen LogP contribution in [-0.2, 0) is 9.59 Å². The van der Waals surface area contributed by atoms with E-state index in [0.717, 1.165) is 21.3 Å². The summed E-state index contributed by atoms with van der Waals surface area (Å²) in [5.74, 6) is -0.526. The van der Waals surface area contributed by atoms with E-state index in [1.807, 2.05) is 55.5 Å². The lowest BCUT2D eigenvalue weighted by atomic mass is 10.2. The summed E-state index contributed by atoms with van der Waals surface area (Å²) in [6, 6.07) is 14.4. The minimum absolute atomic E-state index is 0.252. The second-order valence-corrected chi connectivity index (χ2v) is 8.68. The lowest BCUT2D eigenvalue weighted by Crippen LogP contribution is -2.44. The second kappa shape index (κ2) is 8.37. The molecule has 3 rings (SSSR count). The van der Waals surface area contributed by atoms with E-state index in [9.17, 15) is 9.59 Å². The Balaban J connectivity index is 1.78. The number of hydrogen-bond donors (Lipinski definition) is 1. The highest BCUT2D eigenvalue weighted by Crippen LogP contribution is 2.34. The van der Waals surface area contributed by atoms with Crippen molar-refractivity contribution in [1.82, 2.24) is 4.90 Å². The van der Waals surface area contributed by atoms with Crippen molar-refractivity contribution in [2.75, 3.05) is 5.32 Å². The van der Waals surface area contributed by atoms with Crippen molar-refractivity contribution in [3.05, 3.63) is 69.0 Å². The van der Waals surface area contributed by atoms with Gasteiger partial charge >= 0.3 is 0 Å². The van der Waals surface area contributed by atoms with Crippen LogP contribution in [0.1, 0.15) is 18.1 Å². The van der Waals surface area contributed by atoms with Crippen molar-refractivity contribution >= 4 is 67.8 Å². The molecule has 0 aliphatic carbocycles. The van der Waals surface area contributed by atoms with Gasteiger partial charge < -0.3 is 5.32 Å². The van der Waals surface area contributed by atoms with Gasteiger partial charge in [0.05, 0.1) is 4.91 Å². The van der Waals surface area contributed by atoms with Crippen molar-refractivity contribution in [2.45, 2.75) is 19.9 Å².